The smallest absolute Gasteiger partial charge is 0.119 e. The van der Waals surface area contributed by atoms with Crippen LogP contribution in [0.5, 0.6) is 5.75 Å². The van der Waals surface area contributed by atoms with Crippen LogP contribution in [0.2, 0.25) is 25.2 Å². The highest BCUT2D eigenvalue weighted by Gasteiger charge is 2.53. The Morgan fingerprint density at radius 1 is 0.782 bits per heavy atom. The van der Waals surface area contributed by atoms with E-state index in [1.54, 1.807) is 11.1 Å². The van der Waals surface area contributed by atoms with Gasteiger partial charge < -0.3 is 14.2 Å². The van der Waals surface area contributed by atoms with Gasteiger partial charge in [0.15, 0.2) is 0 Å². The number of ether oxygens (including phenoxy) is 1. The summed E-state index contributed by atoms with van der Waals surface area (Å²) in [6.07, 6.45) is 54.8. The summed E-state index contributed by atoms with van der Waals surface area (Å²) >= 11 is 0. The molecule has 0 spiro atoms. The predicted octanol–water partition coefficient (Wildman–Crippen LogP) is 21.1. The van der Waals surface area contributed by atoms with Crippen LogP contribution in [0.3, 0.4) is 0 Å². The first-order chi connectivity index (χ1) is 42.2. The molecule has 442 valence electrons. The number of fused-ring (bicyclic) bond motifs is 6. The van der Waals surface area contributed by atoms with Gasteiger partial charge in [-0.2, -0.15) is 0 Å². The molecule has 6 aliphatic carbocycles. The molecular weight excluding hydrogens is 1070 g/mol. The summed E-state index contributed by atoms with van der Waals surface area (Å²) < 4.78 is 8.93. The highest BCUT2D eigenvalue weighted by molar-refractivity contribution is 6.77. The van der Waals surface area contributed by atoms with Crippen molar-refractivity contribution in [3.8, 4) is 29.2 Å². The van der Waals surface area contributed by atoms with Crippen LogP contribution in [0.15, 0.2) is 212 Å². The van der Waals surface area contributed by atoms with Crippen LogP contribution < -0.4 is 20.2 Å². The Kier molecular flexibility index (Phi) is 17.4. The van der Waals surface area contributed by atoms with Crippen LogP contribution in [0.1, 0.15) is 126 Å². The third-order valence-corrected chi connectivity index (χ3v) is 24.0. The molecule has 6 unspecified atom stereocenters. The zero-order valence-electron chi connectivity index (χ0n) is 52.7. The van der Waals surface area contributed by atoms with Gasteiger partial charge in [-0.05, 0) is 223 Å². The van der Waals surface area contributed by atoms with E-state index in [0.717, 1.165) is 93.1 Å². The molecule has 12 rings (SSSR count). The summed E-state index contributed by atoms with van der Waals surface area (Å²) in [5.74, 6) is 5.94. The van der Waals surface area contributed by atoms with Crippen LogP contribution in [0, 0.1) is 41.4 Å². The molecule has 5 aromatic carbocycles. The van der Waals surface area contributed by atoms with Crippen LogP contribution in [-0.2, 0) is 5.41 Å². The summed E-state index contributed by atoms with van der Waals surface area (Å²) in [4.78, 5) is 2.54. The Hall–Kier alpha value is -7.84. The largest absolute Gasteiger partial charge is 0.494 e. The molecule has 0 saturated carbocycles. The van der Waals surface area contributed by atoms with Crippen LogP contribution in [-0.4, -0.2) is 19.2 Å². The number of anilines is 3. The Morgan fingerprint density at radius 2 is 1.54 bits per heavy atom. The van der Waals surface area contributed by atoms with Crippen molar-refractivity contribution in [3.63, 3.8) is 0 Å². The lowest BCUT2D eigenvalue weighted by molar-refractivity contribution is 0.189. The van der Waals surface area contributed by atoms with Crippen LogP contribution in [0.25, 0.3) is 51.5 Å². The molecule has 87 heavy (non-hydrogen) atoms. The monoisotopic (exact) mass is 1160 g/mol. The number of nitrogens with zero attached hydrogens (tertiary/aromatic N) is 2. The molecule has 6 aromatic rings. The molecule has 0 saturated heterocycles. The van der Waals surface area contributed by atoms with E-state index in [1.165, 1.54) is 85.2 Å². The van der Waals surface area contributed by atoms with E-state index < -0.39 is 8.07 Å². The average Bonchev–Trinajstić information content (AvgIpc) is 1.59. The third kappa shape index (κ3) is 12.3. The van der Waals surface area contributed by atoms with Crippen molar-refractivity contribution in [1.29, 1.82) is 0 Å². The lowest BCUT2D eigenvalue weighted by Crippen LogP contribution is -2.40. The quantitative estimate of drug-likeness (QED) is 0.0431. The van der Waals surface area contributed by atoms with Gasteiger partial charge in [-0.1, -0.05) is 212 Å². The highest BCUT2D eigenvalue weighted by atomic mass is 28.3. The van der Waals surface area contributed by atoms with Gasteiger partial charge in [0.1, 0.15) is 5.75 Å². The van der Waals surface area contributed by atoms with E-state index in [9.17, 15) is 0 Å². The van der Waals surface area contributed by atoms with E-state index in [-0.39, 0.29) is 10.8 Å². The van der Waals surface area contributed by atoms with Crippen LogP contribution in [0.4, 0.5) is 17.1 Å². The van der Waals surface area contributed by atoms with Crippen molar-refractivity contribution in [3.05, 3.63) is 245 Å². The van der Waals surface area contributed by atoms with Gasteiger partial charge in [0.05, 0.1) is 20.2 Å². The van der Waals surface area contributed by atoms with Crippen molar-refractivity contribution in [2.24, 2.45) is 29.1 Å². The Bertz CT molecular complexity index is 4000. The second kappa shape index (κ2) is 25.5. The molecule has 4 heteroatoms. The lowest BCUT2D eigenvalue weighted by atomic mass is 9.60. The summed E-state index contributed by atoms with van der Waals surface area (Å²) in [6, 6.07) is 44.5. The summed E-state index contributed by atoms with van der Waals surface area (Å²) in [7, 11) is -1.63. The van der Waals surface area contributed by atoms with Gasteiger partial charge in [-0.15, -0.1) is 6.42 Å². The van der Waals surface area contributed by atoms with E-state index in [2.05, 4.69) is 258 Å². The number of hydrogen-bond donors (Lipinski definition) is 0. The van der Waals surface area contributed by atoms with Gasteiger partial charge in [0.25, 0.3) is 0 Å². The number of benzene rings is 5. The molecule has 1 heterocycles. The van der Waals surface area contributed by atoms with Crippen molar-refractivity contribution in [1.82, 2.24) is 4.57 Å². The highest BCUT2D eigenvalue weighted by Crippen LogP contribution is 2.62. The Labute approximate surface area is 521 Å². The van der Waals surface area contributed by atoms with Crippen LogP contribution >= 0.6 is 0 Å². The summed E-state index contributed by atoms with van der Waals surface area (Å²) in [5, 5.41) is 4.05. The Morgan fingerprint density at radius 3 is 2.23 bits per heavy atom. The minimum atomic E-state index is -1.63. The molecule has 0 radical (unpaired) electrons. The maximum absolute atomic E-state index is 6.37. The van der Waals surface area contributed by atoms with Crippen molar-refractivity contribution in [2.45, 2.75) is 135 Å². The minimum Gasteiger partial charge on any atom is -0.494 e. The molecule has 0 N–H and O–H groups in total. The first-order valence-electron chi connectivity index (χ1n) is 32.7. The van der Waals surface area contributed by atoms with Gasteiger partial charge in [-0.25, -0.2) is 0 Å². The number of terminal acetylenes is 1. The topological polar surface area (TPSA) is 17.4 Å². The fourth-order valence-corrected chi connectivity index (χ4v) is 17.7. The normalized spacial score (nSPS) is 21.7. The predicted molar refractivity (Wildman–Crippen MR) is 378 cm³/mol. The molecule has 6 atom stereocenters. The second-order valence-corrected chi connectivity index (χ2v) is 32.9. The Balaban J connectivity index is 0.919. The summed E-state index contributed by atoms with van der Waals surface area (Å²) in [6.45, 7) is 23.4. The lowest BCUT2D eigenvalue weighted by Gasteiger charge is -2.44. The average molecular weight is 1160 g/mol. The zero-order valence-corrected chi connectivity index (χ0v) is 53.7. The molecular formula is C83H90N2OSi. The fourth-order valence-electron chi connectivity index (χ4n) is 15.6. The van der Waals surface area contributed by atoms with E-state index in [1.807, 2.05) is 18.2 Å². The maximum atomic E-state index is 6.37. The van der Waals surface area contributed by atoms with Gasteiger partial charge in [0, 0.05) is 44.1 Å². The number of allylic oxidation sites excluding steroid dienone is 17. The number of aromatic nitrogens is 1. The summed E-state index contributed by atoms with van der Waals surface area (Å²) in [5.41, 5.74) is 18.4. The van der Waals surface area contributed by atoms with Gasteiger partial charge >= 0.3 is 0 Å². The van der Waals surface area contributed by atoms with Crippen molar-refractivity contribution in [2.75, 3.05) is 11.5 Å². The zero-order chi connectivity index (χ0) is 60.3. The molecule has 0 bridgehead atoms. The van der Waals surface area contributed by atoms with E-state index in [4.69, 9.17) is 11.2 Å². The first kappa shape index (κ1) is 59.5. The third-order valence-electron chi connectivity index (χ3n) is 20.7. The van der Waals surface area contributed by atoms with Gasteiger partial charge in [-0.3, -0.25) is 0 Å². The first-order valence-corrected chi connectivity index (χ1v) is 36.1. The van der Waals surface area contributed by atoms with Crippen molar-refractivity contribution >= 4 is 65.5 Å². The van der Waals surface area contributed by atoms with Gasteiger partial charge in [0.2, 0.25) is 0 Å². The molecule has 0 fully saturated rings. The number of rotatable bonds is 20. The molecule has 3 nitrogen and oxygen atoms in total. The standard InChI is InChI=1S/C83H90N2OSi/c1-10-13-15-21-59(4)83(52-20-54-87(8,9)55-53-86-73-47-28-61(12-3)29-48-73)78-25-19-18-24-74(78)75-49-46-72(58-79(75)83)84(70-42-34-63(35-43-70)62-32-40-68(41-33-62)82(5,6)7)71-44-36-65(37-45-71)67-39-51-81-77(57-67)76-56-66(64-30-26-60(11-2)27-31-64)38-50-80(76)85(81)69-22-16-14-17-23-69/h1,11-16,19,22,25-30,32,34-37,39-40,42-51,56-59,64,66,74,78H,2-3,17-18,20-21,23-24,31,33,38,41,52-55H2,4-9H3/b15-13-. The second-order valence-electron chi connectivity index (χ2n) is 27.5. The SMILES string of the molecule is C#C/C=C\CC(C)C1(CCC[Si](C)(C)CCOc2ccc(C=C)cc2)c2cc(N(c3ccc(C4=CC=C(C(C)(C)C)CC4)cc3)c3ccc(-c4ccc5c(c4)c4c(n5C5=CC=CCC5)=CCC(C5C=CC(C=C)=CC5)C=4)cc3)ccc2C2CCC=CC21. The van der Waals surface area contributed by atoms with Crippen molar-refractivity contribution < 1.29 is 4.74 Å². The van der Waals surface area contributed by atoms with E-state index in [0.29, 0.717) is 29.6 Å². The molecule has 6 aliphatic rings. The minimum absolute atomic E-state index is 0.0680. The molecule has 0 aliphatic heterocycles. The number of hydrogen-bond acceptors (Lipinski definition) is 2. The fraction of sp³-hybridized carbons (Fsp3) is 0.325. The molecule has 1 aromatic heterocycles. The maximum Gasteiger partial charge on any atom is 0.119 e. The van der Waals surface area contributed by atoms with E-state index >= 15 is 0 Å². The molecule has 0 amide bonds.